The van der Waals surface area contributed by atoms with Crippen LogP contribution in [0.25, 0.3) is 0 Å². The Bertz CT molecular complexity index is 387. The van der Waals surface area contributed by atoms with E-state index in [2.05, 4.69) is 18.3 Å². The van der Waals surface area contributed by atoms with Crippen LogP contribution in [-0.2, 0) is 14.3 Å². The van der Waals surface area contributed by atoms with Gasteiger partial charge in [-0.15, -0.1) is 11.3 Å². The Morgan fingerprint density at radius 1 is 1.68 bits per heavy atom. The highest BCUT2D eigenvalue weighted by Gasteiger charge is 2.26. The van der Waals surface area contributed by atoms with Gasteiger partial charge in [-0.25, -0.2) is 0 Å². The third kappa shape index (κ3) is 4.03. The number of carbonyl (C=O) groups is 1. The number of nitrogens with one attached hydrogen (secondary N) is 1. The van der Waals surface area contributed by atoms with Crippen molar-refractivity contribution < 1.29 is 14.3 Å². The van der Waals surface area contributed by atoms with Crippen LogP contribution in [0.3, 0.4) is 0 Å². The molecule has 0 amide bonds. The Labute approximate surface area is 118 Å². The molecular weight excluding hydrogens is 262 g/mol. The molecule has 1 aliphatic rings. The minimum absolute atomic E-state index is 0.0306. The Hall–Kier alpha value is -0.910. The first kappa shape index (κ1) is 14.5. The van der Waals surface area contributed by atoms with Crippen molar-refractivity contribution in [1.82, 2.24) is 5.32 Å². The molecule has 0 aliphatic carbocycles. The van der Waals surface area contributed by atoms with Crippen molar-refractivity contribution in [2.24, 2.45) is 5.92 Å². The van der Waals surface area contributed by atoms with Crippen LogP contribution in [0, 0.1) is 5.92 Å². The summed E-state index contributed by atoms with van der Waals surface area (Å²) in [5.74, 6) is 0.348. The van der Waals surface area contributed by atoms with Gasteiger partial charge in [0.15, 0.2) is 0 Å². The van der Waals surface area contributed by atoms with Crippen molar-refractivity contribution in [3.63, 3.8) is 0 Å². The highest BCUT2D eigenvalue weighted by Crippen LogP contribution is 2.25. The molecule has 2 rings (SSSR count). The van der Waals surface area contributed by atoms with E-state index in [4.69, 9.17) is 9.47 Å². The molecule has 0 aromatic carbocycles. The molecule has 19 heavy (non-hydrogen) atoms. The zero-order chi connectivity index (χ0) is 13.7. The van der Waals surface area contributed by atoms with Crippen LogP contribution in [-0.4, -0.2) is 32.3 Å². The van der Waals surface area contributed by atoms with Crippen LogP contribution in [0.5, 0.6) is 0 Å². The lowest BCUT2D eigenvalue weighted by Crippen LogP contribution is -2.37. The molecule has 1 aliphatic heterocycles. The zero-order valence-corrected chi connectivity index (χ0v) is 12.2. The molecule has 0 spiro atoms. The molecule has 1 aromatic rings. The van der Waals surface area contributed by atoms with Crippen LogP contribution >= 0.6 is 11.3 Å². The minimum atomic E-state index is -0.180. The van der Waals surface area contributed by atoms with E-state index in [1.165, 1.54) is 12.0 Å². The maximum atomic E-state index is 11.5. The largest absolute Gasteiger partial charge is 0.469 e. The van der Waals surface area contributed by atoms with Crippen molar-refractivity contribution in [1.29, 1.82) is 0 Å². The molecule has 1 aromatic heterocycles. The first-order chi connectivity index (χ1) is 9.20. The predicted octanol–water partition coefficient (Wildman–Crippen LogP) is 2.37. The smallest absolute Gasteiger partial charge is 0.307 e. The molecule has 1 N–H and O–H groups in total. The summed E-state index contributed by atoms with van der Waals surface area (Å²) in [7, 11) is 1.43. The second-order valence-electron chi connectivity index (χ2n) is 4.93. The average Bonchev–Trinajstić information content (AvgIpc) is 3.10. The van der Waals surface area contributed by atoms with E-state index < -0.39 is 0 Å². The molecule has 3 atom stereocenters. The topological polar surface area (TPSA) is 47.6 Å². The Morgan fingerprint density at radius 3 is 3.11 bits per heavy atom. The second kappa shape index (κ2) is 7.03. The lowest BCUT2D eigenvalue weighted by Gasteiger charge is -2.25. The van der Waals surface area contributed by atoms with E-state index in [9.17, 15) is 4.79 Å². The van der Waals surface area contributed by atoms with Gasteiger partial charge in [0.25, 0.3) is 0 Å². The molecule has 5 heteroatoms. The van der Waals surface area contributed by atoms with Crippen molar-refractivity contribution >= 4 is 17.3 Å². The third-order valence-corrected chi connectivity index (χ3v) is 4.61. The van der Waals surface area contributed by atoms with E-state index in [1.807, 2.05) is 11.4 Å². The van der Waals surface area contributed by atoms with Crippen LogP contribution < -0.4 is 5.32 Å². The van der Waals surface area contributed by atoms with Crippen LogP contribution in [0.15, 0.2) is 17.5 Å². The number of rotatable bonds is 6. The highest BCUT2D eigenvalue weighted by atomic mass is 32.1. The lowest BCUT2D eigenvalue weighted by molar-refractivity contribution is -0.141. The molecule has 0 saturated carbocycles. The van der Waals surface area contributed by atoms with E-state index in [0.29, 0.717) is 18.4 Å². The van der Waals surface area contributed by atoms with Crippen molar-refractivity contribution in [2.45, 2.75) is 31.8 Å². The summed E-state index contributed by atoms with van der Waals surface area (Å²) in [6, 6.07) is 4.43. The van der Waals surface area contributed by atoms with Gasteiger partial charge in [-0.1, -0.05) is 6.07 Å². The molecular formula is C14H21NO3S. The van der Waals surface area contributed by atoms with E-state index in [0.717, 1.165) is 19.6 Å². The van der Waals surface area contributed by atoms with Gasteiger partial charge in [0.05, 0.1) is 26.2 Å². The van der Waals surface area contributed by atoms with Gasteiger partial charge < -0.3 is 14.8 Å². The summed E-state index contributed by atoms with van der Waals surface area (Å²) < 4.78 is 10.2. The van der Waals surface area contributed by atoms with Gasteiger partial charge in [-0.05, 0) is 30.7 Å². The molecule has 1 fully saturated rings. The van der Waals surface area contributed by atoms with Crippen molar-refractivity contribution in [2.75, 3.05) is 20.3 Å². The number of methoxy groups -OCH3 is 1. The summed E-state index contributed by atoms with van der Waals surface area (Å²) in [4.78, 5) is 12.7. The van der Waals surface area contributed by atoms with Gasteiger partial charge >= 0.3 is 5.97 Å². The van der Waals surface area contributed by atoms with Crippen LogP contribution in [0.2, 0.25) is 0 Å². The number of hydrogen-bond acceptors (Lipinski definition) is 5. The predicted molar refractivity (Wildman–Crippen MR) is 75.2 cm³/mol. The molecule has 2 heterocycles. The molecule has 3 unspecified atom stereocenters. The summed E-state index contributed by atoms with van der Waals surface area (Å²) in [5, 5.41) is 5.59. The van der Waals surface area contributed by atoms with Gasteiger partial charge in [-0.3, -0.25) is 4.79 Å². The Balaban J connectivity index is 1.98. The SMILES string of the molecule is COC(=O)CC(NC(C)C1CCOC1)c1cccs1. The molecule has 0 radical (unpaired) electrons. The second-order valence-corrected chi connectivity index (χ2v) is 5.91. The average molecular weight is 283 g/mol. The monoisotopic (exact) mass is 283 g/mol. The molecule has 1 saturated heterocycles. The van der Waals surface area contributed by atoms with Gasteiger partial charge in [0, 0.05) is 17.5 Å². The van der Waals surface area contributed by atoms with Gasteiger partial charge in [-0.2, -0.15) is 0 Å². The van der Waals surface area contributed by atoms with E-state index >= 15 is 0 Å². The fourth-order valence-electron chi connectivity index (χ4n) is 2.38. The normalized spacial score (nSPS) is 22.1. The number of hydrogen-bond donors (Lipinski definition) is 1. The Kier molecular flexibility index (Phi) is 5.36. The van der Waals surface area contributed by atoms with Crippen molar-refractivity contribution in [3.05, 3.63) is 22.4 Å². The number of ether oxygens (including phenoxy) is 2. The standard InChI is InChI=1S/C14H21NO3S/c1-10(11-5-6-18-9-11)15-12(8-14(16)17-2)13-4-3-7-19-13/h3-4,7,10-12,15H,5-6,8-9H2,1-2H3. The first-order valence-corrected chi connectivity index (χ1v) is 7.52. The fourth-order valence-corrected chi connectivity index (χ4v) is 3.17. The number of carbonyl (C=O) groups excluding carboxylic acids is 1. The fraction of sp³-hybridized carbons (Fsp3) is 0.643. The van der Waals surface area contributed by atoms with Crippen molar-refractivity contribution in [3.8, 4) is 0 Å². The Morgan fingerprint density at radius 2 is 2.53 bits per heavy atom. The number of thiophene rings is 1. The van der Waals surface area contributed by atoms with Gasteiger partial charge in [0.2, 0.25) is 0 Å². The quantitative estimate of drug-likeness (QED) is 0.814. The van der Waals surface area contributed by atoms with Crippen LogP contribution in [0.1, 0.15) is 30.7 Å². The highest BCUT2D eigenvalue weighted by molar-refractivity contribution is 7.10. The summed E-state index contributed by atoms with van der Waals surface area (Å²) >= 11 is 1.67. The summed E-state index contributed by atoms with van der Waals surface area (Å²) in [6.45, 7) is 3.82. The maximum Gasteiger partial charge on any atom is 0.307 e. The third-order valence-electron chi connectivity index (χ3n) is 3.62. The summed E-state index contributed by atoms with van der Waals surface area (Å²) in [6.07, 6.45) is 1.46. The molecule has 0 bridgehead atoms. The maximum absolute atomic E-state index is 11.5. The zero-order valence-electron chi connectivity index (χ0n) is 11.4. The molecule has 106 valence electrons. The van der Waals surface area contributed by atoms with Crippen LogP contribution in [0.4, 0.5) is 0 Å². The minimum Gasteiger partial charge on any atom is -0.469 e. The molecule has 4 nitrogen and oxygen atoms in total. The van der Waals surface area contributed by atoms with E-state index in [-0.39, 0.29) is 12.0 Å². The van der Waals surface area contributed by atoms with Gasteiger partial charge in [0.1, 0.15) is 0 Å². The number of esters is 1. The lowest BCUT2D eigenvalue weighted by atomic mass is 9.99. The van der Waals surface area contributed by atoms with E-state index in [1.54, 1.807) is 11.3 Å². The first-order valence-electron chi connectivity index (χ1n) is 6.64. The summed E-state index contributed by atoms with van der Waals surface area (Å²) in [5.41, 5.74) is 0.